The maximum Gasteiger partial charge on any atom is 0.0480 e. The average Bonchev–Trinajstić information content (AvgIpc) is 2.37. The first-order chi connectivity index (χ1) is 8.72. The lowest BCUT2D eigenvalue weighted by molar-refractivity contribution is 0.0771. The first kappa shape index (κ1) is 15.9. The van der Waals surface area contributed by atoms with E-state index in [2.05, 4.69) is 36.1 Å². The van der Waals surface area contributed by atoms with Gasteiger partial charge in [0.1, 0.15) is 0 Å². The van der Waals surface area contributed by atoms with Crippen LogP contribution in [0.4, 0.5) is 0 Å². The van der Waals surface area contributed by atoms with Gasteiger partial charge in [0.05, 0.1) is 0 Å². The monoisotopic (exact) mass is 257 g/mol. The summed E-state index contributed by atoms with van der Waals surface area (Å²) in [6, 6.07) is 0.677. The molecule has 1 rings (SSSR count). The standard InChI is InChI=1S/C14H31N3O/c1-4-8-17(11-10-16(2)3)9-7-15-14-5-12-18-13-6-14/h14-15H,4-13H2,1-3H3. The molecule has 0 unspecified atom stereocenters. The van der Waals surface area contributed by atoms with Crippen LogP contribution in [0.3, 0.4) is 0 Å². The van der Waals surface area contributed by atoms with Gasteiger partial charge in [-0.25, -0.2) is 0 Å². The van der Waals surface area contributed by atoms with Crippen molar-refractivity contribution >= 4 is 0 Å². The molecule has 0 aromatic carbocycles. The molecule has 0 aromatic heterocycles. The lowest BCUT2D eigenvalue weighted by Crippen LogP contribution is -2.41. The van der Waals surface area contributed by atoms with Crippen LogP contribution in [0.2, 0.25) is 0 Å². The van der Waals surface area contributed by atoms with Crippen LogP contribution in [0, 0.1) is 0 Å². The zero-order chi connectivity index (χ0) is 13.2. The van der Waals surface area contributed by atoms with Gasteiger partial charge in [-0.05, 0) is 39.9 Å². The third-order valence-electron chi connectivity index (χ3n) is 3.49. The molecule has 1 aliphatic rings. The fourth-order valence-corrected chi connectivity index (χ4v) is 2.32. The molecule has 0 aromatic rings. The van der Waals surface area contributed by atoms with E-state index in [1.54, 1.807) is 0 Å². The summed E-state index contributed by atoms with van der Waals surface area (Å²) in [7, 11) is 4.29. The van der Waals surface area contributed by atoms with Crippen molar-refractivity contribution in [2.75, 3.05) is 60.0 Å². The average molecular weight is 257 g/mol. The van der Waals surface area contributed by atoms with Crippen molar-refractivity contribution in [2.45, 2.75) is 32.2 Å². The van der Waals surface area contributed by atoms with E-state index in [4.69, 9.17) is 4.74 Å². The third-order valence-corrected chi connectivity index (χ3v) is 3.49. The van der Waals surface area contributed by atoms with Gasteiger partial charge < -0.3 is 19.9 Å². The van der Waals surface area contributed by atoms with E-state index < -0.39 is 0 Å². The normalized spacial score (nSPS) is 17.8. The van der Waals surface area contributed by atoms with Crippen LogP contribution < -0.4 is 5.32 Å². The number of nitrogens with zero attached hydrogens (tertiary/aromatic N) is 2. The van der Waals surface area contributed by atoms with Gasteiger partial charge in [-0.3, -0.25) is 0 Å². The highest BCUT2D eigenvalue weighted by Gasteiger charge is 2.13. The van der Waals surface area contributed by atoms with Crippen molar-refractivity contribution in [1.29, 1.82) is 0 Å². The summed E-state index contributed by atoms with van der Waals surface area (Å²) in [5.41, 5.74) is 0. The second-order valence-corrected chi connectivity index (χ2v) is 5.49. The van der Waals surface area contributed by atoms with E-state index in [-0.39, 0.29) is 0 Å². The highest BCUT2D eigenvalue weighted by Crippen LogP contribution is 2.05. The maximum atomic E-state index is 5.37. The van der Waals surface area contributed by atoms with E-state index in [1.807, 2.05) is 0 Å². The lowest BCUT2D eigenvalue weighted by Gasteiger charge is -2.27. The molecule has 0 atom stereocenters. The third kappa shape index (κ3) is 7.31. The highest BCUT2D eigenvalue weighted by atomic mass is 16.5. The van der Waals surface area contributed by atoms with Crippen LogP contribution in [-0.4, -0.2) is 75.9 Å². The Balaban J connectivity index is 2.11. The quantitative estimate of drug-likeness (QED) is 0.668. The van der Waals surface area contributed by atoms with Gasteiger partial charge in [0.2, 0.25) is 0 Å². The molecule has 1 fully saturated rings. The Morgan fingerprint density at radius 2 is 1.78 bits per heavy atom. The van der Waals surface area contributed by atoms with Gasteiger partial charge in [-0.15, -0.1) is 0 Å². The van der Waals surface area contributed by atoms with Gasteiger partial charge in [0, 0.05) is 45.4 Å². The minimum absolute atomic E-state index is 0.677. The molecule has 4 heteroatoms. The summed E-state index contributed by atoms with van der Waals surface area (Å²) in [6.07, 6.45) is 3.58. The van der Waals surface area contributed by atoms with E-state index in [0.29, 0.717) is 6.04 Å². The number of likely N-dealkylation sites (N-methyl/N-ethyl adjacent to an activating group) is 1. The van der Waals surface area contributed by atoms with Crippen molar-refractivity contribution in [3.8, 4) is 0 Å². The summed E-state index contributed by atoms with van der Waals surface area (Å²) in [4.78, 5) is 4.82. The largest absolute Gasteiger partial charge is 0.381 e. The molecular formula is C14H31N3O. The van der Waals surface area contributed by atoms with Crippen LogP contribution in [0.25, 0.3) is 0 Å². The van der Waals surface area contributed by atoms with Crippen molar-refractivity contribution in [1.82, 2.24) is 15.1 Å². The van der Waals surface area contributed by atoms with Gasteiger partial charge in [0.15, 0.2) is 0 Å². The molecule has 0 spiro atoms. The number of hydrogen-bond donors (Lipinski definition) is 1. The predicted molar refractivity (Wildman–Crippen MR) is 77.1 cm³/mol. The summed E-state index contributed by atoms with van der Waals surface area (Å²) in [5.74, 6) is 0. The molecule has 108 valence electrons. The first-order valence-electron chi connectivity index (χ1n) is 7.40. The number of hydrogen-bond acceptors (Lipinski definition) is 4. The predicted octanol–water partition coefficient (Wildman–Crippen LogP) is 1.03. The Labute approximate surface area is 113 Å². The summed E-state index contributed by atoms with van der Waals surface area (Å²) in [5, 5.41) is 3.66. The summed E-state index contributed by atoms with van der Waals surface area (Å²) in [6.45, 7) is 9.93. The molecule has 0 aliphatic carbocycles. The van der Waals surface area contributed by atoms with Crippen LogP contribution in [0.5, 0.6) is 0 Å². The molecule has 0 saturated carbocycles. The SMILES string of the molecule is CCCN(CCNC1CCOCC1)CCN(C)C. The van der Waals surface area contributed by atoms with E-state index in [9.17, 15) is 0 Å². The van der Waals surface area contributed by atoms with E-state index >= 15 is 0 Å². The fourth-order valence-electron chi connectivity index (χ4n) is 2.32. The van der Waals surface area contributed by atoms with Crippen LogP contribution in [-0.2, 0) is 4.74 Å². The molecular weight excluding hydrogens is 226 g/mol. The zero-order valence-corrected chi connectivity index (χ0v) is 12.5. The Morgan fingerprint density at radius 3 is 2.39 bits per heavy atom. The first-order valence-corrected chi connectivity index (χ1v) is 7.40. The lowest BCUT2D eigenvalue weighted by atomic mass is 10.1. The van der Waals surface area contributed by atoms with Crippen molar-refractivity contribution in [2.24, 2.45) is 0 Å². The second-order valence-electron chi connectivity index (χ2n) is 5.49. The molecule has 18 heavy (non-hydrogen) atoms. The zero-order valence-electron chi connectivity index (χ0n) is 12.5. The molecule has 0 bridgehead atoms. The molecule has 1 N–H and O–H groups in total. The van der Waals surface area contributed by atoms with Gasteiger partial charge >= 0.3 is 0 Å². The molecule has 0 radical (unpaired) electrons. The van der Waals surface area contributed by atoms with E-state index in [0.717, 1.165) is 26.3 Å². The minimum atomic E-state index is 0.677. The number of nitrogens with one attached hydrogen (secondary N) is 1. The number of ether oxygens (including phenoxy) is 1. The maximum absolute atomic E-state index is 5.37. The number of rotatable bonds is 9. The van der Waals surface area contributed by atoms with Gasteiger partial charge in [0.25, 0.3) is 0 Å². The van der Waals surface area contributed by atoms with Crippen LogP contribution in [0.15, 0.2) is 0 Å². The Bertz CT molecular complexity index is 193. The van der Waals surface area contributed by atoms with Crippen molar-refractivity contribution in [3.63, 3.8) is 0 Å². The molecule has 0 amide bonds. The highest BCUT2D eigenvalue weighted by molar-refractivity contribution is 4.71. The molecule has 1 aliphatic heterocycles. The van der Waals surface area contributed by atoms with Crippen LogP contribution >= 0.6 is 0 Å². The molecule has 1 heterocycles. The molecule has 1 saturated heterocycles. The van der Waals surface area contributed by atoms with Crippen LogP contribution in [0.1, 0.15) is 26.2 Å². The van der Waals surface area contributed by atoms with Crippen molar-refractivity contribution < 1.29 is 4.74 Å². The van der Waals surface area contributed by atoms with Crippen molar-refractivity contribution in [3.05, 3.63) is 0 Å². The topological polar surface area (TPSA) is 27.7 Å². The Kier molecular flexibility index (Phi) is 8.59. The van der Waals surface area contributed by atoms with E-state index in [1.165, 1.54) is 38.9 Å². The molecule has 4 nitrogen and oxygen atoms in total. The summed E-state index contributed by atoms with van der Waals surface area (Å²) >= 11 is 0. The minimum Gasteiger partial charge on any atom is -0.381 e. The Morgan fingerprint density at radius 1 is 1.06 bits per heavy atom. The Hall–Kier alpha value is -0.160. The van der Waals surface area contributed by atoms with Gasteiger partial charge in [-0.1, -0.05) is 6.92 Å². The summed E-state index contributed by atoms with van der Waals surface area (Å²) < 4.78 is 5.37. The second kappa shape index (κ2) is 9.73. The van der Waals surface area contributed by atoms with Gasteiger partial charge in [-0.2, -0.15) is 0 Å². The smallest absolute Gasteiger partial charge is 0.0480 e. The fraction of sp³-hybridized carbons (Fsp3) is 1.00.